The molecule has 0 amide bonds. The van der Waals surface area contributed by atoms with Gasteiger partial charge in [0.15, 0.2) is 17.1 Å². The average Bonchev–Trinajstić information content (AvgIpc) is 3.45. The molecule has 0 atom stereocenters. The van der Waals surface area contributed by atoms with Crippen molar-refractivity contribution in [3.63, 3.8) is 0 Å². The van der Waals surface area contributed by atoms with E-state index in [-0.39, 0.29) is 0 Å². The largest absolute Gasteiger partial charge is 0.309 e. The lowest BCUT2D eigenvalue weighted by Gasteiger charge is -2.11. The monoisotopic (exact) mass is 573 g/mol. The molecule has 9 rings (SSSR count). The lowest BCUT2D eigenvalue weighted by atomic mass is 10.00. The Kier molecular flexibility index (Phi) is 5.50. The summed E-state index contributed by atoms with van der Waals surface area (Å²) in [5.74, 6) is 0.636. The molecule has 45 heavy (non-hydrogen) atoms. The van der Waals surface area contributed by atoms with Crippen LogP contribution < -0.4 is 0 Å². The molecule has 0 aliphatic rings. The summed E-state index contributed by atoms with van der Waals surface area (Å²) in [7, 11) is 0. The normalized spacial score (nSPS) is 11.5. The van der Waals surface area contributed by atoms with E-state index in [4.69, 9.17) is 15.0 Å². The van der Waals surface area contributed by atoms with Gasteiger partial charge in [0.1, 0.15) is 0 Å². The van der Waals surface area contributed by atoms with E-state index in [0.717, 1.165) is 65.4 Å². The molecule has 0 saturated heterocycles. The van der Waals surface area contributed by atoms with Crippen molar-refractivity contribution >= 4 is 65.4 Å². The Morgan fingerprint density at radius 3 is 1.76 bits per heavy atom. The number of hydrogen-bond acceptors (Lipinski definition) is 4. The molecule has 0 saturated carbocycles. The second-order valence-electron chi connectivity index (χ2n) is 11.2. The Labute approximate surface area is 257 Å². The van der Waals surface area contributed by atoms with E-state index >= 15 is 0 Å². The van der Waals surface area contributed by atoms with Gasteiger partial charge in [0.25, 0.3) is 0 Å². The zero-order chi connectivity index (χ0) is 29.9. The zero-order valence-electron chi connectivity index (χ0n) is 24.0. The number of para-hydroxylation sites is 1. The maximum Gasteiger partial charge on any atom is 0.164 e. The van der Waals surface area contributed by atoms with Crippen LogP contribution in [0, 0.1) is 11.3 Å². The molecule has 5 nitrogen and oxygen atoms in total. The SMILES string of the molecule is N#Cc1ccc2c(c1)c1cc3cc(c4ccccc4c4nc(-c5ccccc5)nc(n4)c4ccccc34)c1n2-c1ccccc1. The first-order chi connectivity index (χ1) is 22.3. The van der Waals surface area contributed by atoms with Crippen LogP contribution in [-0.4, -0.2) is 19.5 Å². The van der Waals surface area contributed by atoms with Crippen molar-refractivity contribution < 1.29 is 0 Å². The highest BCUT2D eigenvalue weighted by Gasteiger charge is 2.18. The number of hydrogen-bond donors (Lipinski definition) is 0. The molecule has 0 fully saturated rings. The average molecular weight is 574 g/mol. The van der Waals surface area contributed by atoms with Gasteiger partial charge in [-0.3, -0.25) is 0 Å². The Morgan fingerprint density at radius 2 is 1.07 bits per heavy atom. The van der Waals surface area contributed by atoms with Gasteiger partial charge in [-0.15, -0.1) is 0 Å². The standard InChI is InChI=1S/C40H23N5/c41-24-25-19-20-36-33(21-25)35-23-27-22-34(37(35)45(36)28-13-5-2-6-14-28)30-16-8-10-18-32(30)40-43-38(26-11-3-1-4-12-26)42-39(44-40)31-17-9-7-15-29(27)31/h1-23H. The van der Waals surface area contributed by atoms with Crippen molar-refractivity contribution in [2.75, 3.05) is 0 Å². The summed E-state index contributed by atoms with van der Waals surface area (Å²) in [6.45, 7) is 0. The van der Waals surface area contributed by atoms with E-state index in [1.54, 1.807) is 0 Å². The van der Waals surface area contributed by atoms with Crippen LogP contribution >= 0.6 is 0 Å². The maximum absolute atomic E-state index is 9.87. The molecular formula is C40H23N5. The molecule has 0 unspecified atom stereocenters. The van der Waals surface area contributed by atoms with E-state index < -0.39 is 0 Å². The number of benzene rings is 6. The smallest absolute Gasteiger partial charge is 0.164 e. The minimum Gasteiger partial charge on any atom is -0.309 e. The first-order valence-electron chi connectivity index (χ1n) is 14.9. The fourth-order valence-electron chi connectivity index (χ4n) is 6.60. The summed E-state index contributed by atoms with van der Waals surface area (Å²) in [4.78, 5) is 15.2. The van der Waals surface area contributed by atoms with E-state index in [1.807, 2.05) is 60.7 Å². The topological polar surface area (TPSA) is 67.4 Å². The summed E-state index contributed by atoms with van der Waals surface area (Å²) < 4.78 is 2.31. The molecule has 0 aliphatic heterocycles. The van der Waals surface area contributed by atoms with Crippen molar-refractivity contribution in [3.05, 3.63) is 145 Å². The fourth-order valence-corrected chi connectivity index (χ4v) is 6.60. The predicted molar refractivity (Wildman–Crippen MR) is 183 cm³/mol. The van der Waals surface area contributed by atoms with Crippen molar-refractivity contribution in [1.29, 1.82) is 5.26 Å². The van der Waals surface area contributed by atoms with Gasteiger partial charge in [-0.25, -0.2) is 15.0 Å². The minimum atomic E-state index is 0.624. The van der Waals surface area contributed by atoms with Crippen LogP contribution in [0.2, 0.25) is 0 Å². The molecule has 0 aliphatic carbocycles. The fraction of sp³-hybridized carbons (Fsp3) is 0. The highest BCUT2D eigenvalue weighted by molar-refractivity contribution is 6.24. The molecule has 0 N–H and O–H groups in total. The van der Waals surface area contributed by atoms with Crippen LogP contribution in [0.1, 0.15) is 5.56 Å². The van der Waals surface area contributed by atoms with Crippen molar-refractivity contribution in [2.24, 2.45) is 0 Å². The summed E-state index contributed by atoms with van der Waals surface area (Å²) in [6, 6.07) is 50.0. The van der Waals surface area contributed by atoms with Gasteiger partial charge < -0.3 is 4.57 Å². The minimum absolute atomic E-state index is 0.624. The first-order valence-corrected chi connectivity index (χ1v) is 14.9. The van der Waals surface area contributed by atoms with E-state index in [1.165, 1.54) is 0 Å². The van der Waals surface area contributed by atoms with Gasteiger partial charge >= 0.3 is 0 Å². The maximum atomic E-state index is 9.87. The van der Waals surface area contributed by atoms with Gasteiger partial charge in [-0.05, 0) is 58.6 Å². The zero-order valence-corrected chi connectivity index (χ0v) is 24.0. The van der Waals surface area contributed by atoms with Gasteiger partial charge in [0, 0.05) is 38.2 Å². The molecule has 9 aromatic rings. The first kappa shape index (κ1) is 25.1. The number of aromatic nitrogens is 4. The summed E-state index contributed by atoms with van der Waals surface area (Å²) in [6.07, 6.45) is 0. The Balaban J connectivity index is 1.61. The van der Waals surface area contributed by atoms with Crippen LogP contribution in [0.3, 0.4) is 0 Å². The third kappa shape index (κ3) is 3.90. The molecule has 0 spiro atoms. The molecule has 3 aromatic heterocycles. The van der Waals surface area contributed by atoms with Gasteiger partial charge in [0.05, 0.1) is 22.7 Å². The van der Waals surface area contributed by atoms with Crippen LogP contribution in [0.4, 0.5) is 0 Å². The van der Waals surface area contributed by atoms with Gasteiger partial charge in [0.2, 0.25) is 0 Å². The summed E-state index contributed by atoms with van der Waals surface area (Å²) in [5.41, 5.74) is 5.98. The van der Waals surface area contributed by atoms with Gasteiger partial charge in [-0.2, -0.15) is 5.26 Å². The lowest BCUT2D eigenvalue weighted by Crippen LogP contribution is -1.96. The van der Waals surface area contributed by atoms with Crippen molar-refractivity contribution in [3.8, 4) is 23.1 Å². The van der Waals surface area contributed by atoms with Crippen LogP contribution in [-0.2, 0) is 0 Å². The number of fused-ring (bicyclic) bond motifs is 14. The van der Waals surface area contributed by atoms with E-state index in [0.29, 0.717) is 22.7 Å². The lowest BCUT2D eigenvalue weighted by molar-refractivity contribution is 1.18. The highest BCUT2D eigenvalue weighted by atomic mass is 15.0. The van der Waals surface area contributed by atoms with E-state index in [9.17, 15) is 5.26 Å². The molecule has 3 heterocycles. The van der Waals surface area contributed by atoms with Crippen LogP contribution in [0.25, 0.3) is 82.5 Å². The molecule has 6 aromatic carbocycles. The summed E-state index contributed by atoms with van der Waals surface area (Å²) in [5, 5.41) is 18.0. The third-order valence-corrected chi connectivity index (χ3v) is 8.61. The van der Waals surface area contributed by atoms with Crippen molar-refractivity contribution in [2.45, 2.75) is 0 Å². The second-order valence-corrected chi connectivity index (χ2v) is 11.2. The Bertz CT molecular complexity index is 2700. The quantitative estimate of drug-likeness (QED) is 0.206. The number of nitriles is 1. The number of rotatable bonds is 2. The van der Waals surface area contributed by atoms with Gasteiger partial charge in [-0.1, -0.05) is 97.1 Å². The molecule has 4 bridgehead atoms. The Hall–Kier alpha value is -6.38. The third-order valence-electron chi connectivity index (χ3n) is 8.61. The van der Waals surface area contributed by atoms with Crippen LogP contribution in [0.15, 0.2) is 140 Å². The second kappa shape index (κ2) is 9.84. The van der Waals surface area contributed by atoms with Crippen molar-refractivity contribution in [1.82, 2.24) is 19.5 Å². The Morgan fingerprint density at radius 1 is 0.489 bits per heavy atom. The summed E-state index contributed by atoms with van der Waals surface area (Å²) >= 11 is 0. The molecule has 0 radical (unpaired) electrons. The van der Waals surface area contributed by atoms with Crippen LogP contribution in [0.5, 0.6) is 0 Å². The molecular weight excluding hydrogens is 550 g/mol. The van der Waals surface area contributed by atoms with E-state index in [2.05, 4.69) is 89.5 Å². The number of nitrogens with zero attached hydrogens (tertiary/aromatic N) is 5. The molecule has 208 valence electrons. The predicted octanol–water partition coefficient (Wildman–Crippen LogP) is 9.68. The highest BCUT2D eigenvalue weighted by Crippen LogP contribution is 2.40. The molecule has 5 heteroatoms.